The maximum atomic E-state index is 11.7. The highest BCUT2D eigenvalue weighted by molar-refractivity contribution is 6.00. The average Bonchev–Trinajstić information content (AvgIpc) is 3.20. The van der Waals surface area contributed by atoms with E-state index < -0.39 is 0 Å². The number of hydrogen-bond acceptors (Lipinski definition) is 5. The van der Waals surface area contributed by atoms with Gasteiger partial charge < -0.3 is 15.0 Å². The van der Waals surface area contributed by atoms with E-state index in [0.29, 0.717) is 31.0 Å². The van der Waals surface area contributed by atoms with Gasteiger partial charge in [0.05, 0.1) is 5.39 Å². The van der Waals surface area contributed by atoms with E-state index in [-0.39, 0.29) is 6.04 Å². The van der Waals surface area contributed by atoms with E-state index >= 15 is 0 Å². The van der Waals surface area contributed by atoms with Gasteiger partial charge in [-0.15, -0.1) is 0 Å². The molecule has 1 aliphatic carbocycles. The van der Waals surface area contributed by atoms with Crippen LogP contribution in [0.1, 0.15) is 37.3 Å². The molecule has 0 radical (unpaired) electrons. The molecule has 2 N–H and O–H groups in total. The minimum Gasteiger partial charge on any atom is -0.489 e. The lowest BCUT2D eigenvalue weighted by Gasteiger charge is -2.23. The molecule has 4 aromatic rings. The van der Waals surface area contributed by atoms with Crippen molar-refractivity contribution in [3.05, 3.63) is 72.7 Å². The van der Waals surface area contributed by atoms with Crippen molar-refractivity contribution in [3.63, 3.8) is 0 Å². The summed E-state index contributed by atoms with van der Waals surface area (Å²) in [4.78, 5) is 20.4. The smallest absolute Gasteiger partial charge is 0.146 e. The van der Waals surface area contributed by atoms with Crippen LogP contribution in [0.25, 0.3) is 22.2 Å². The number of rotatable bonds is 5. The lowest BCUT2D eigenvalue weighted by atomic mass is 9.94. The van der Waals surface area contributed by atoms with Gasteiger partial charge in [0, 0.05) is 30.6 Å². The van der Waals surface area contributed by atoms with Crippen molar-refractivity contribution < 1.29 is 9.53 Å². The zero-order chi connectivity index (χ0) is 21.2. The molecule has 6 nitrogen and oxygen atoms in total. The Morgan fingerprint density at radius 1 is 1.00 bits per heavy atom. The molecule has 156 valence electrons. The highest BCUT2D eigenvalue weighted by Crippen LogP contribution is 2.37. The predicted molar refractivity (Wildman–Crippen MR) is 121 cm³/mol. The average molecular weight is 412 g/mol. The van der Waals surface area contributed by atoms with E-state index in [0.717, 1.165) is 46.3 Å². The Morgan fingerprint density at radius 2 is 1.74 bits per heavy atom. The fourth-order valence-corrected chi connectivity index (χ4v) is 4.28. The van der Waals surface area contributed by atoms with Crippen LogP contribution in [0.5, 0.6) is 5.75 Å². The number of nitrogens with zero attached hydrogens (tertiary/aromatic N) is 3. The lowest BCUT2D eigenvalue weighted by Crippen LogP contribution is -2.17. The quantitative estimate of drug-likeness (QED) is 0.502. The van der Waals surface area contributed by atoms with E-state index in [4.69, 9.17) is 10.5 Å². The van der Waals surface area contributed by atoms with Gasteiger partial charge in [-0.3, -0.25) is 4.79 Å². The van der Waals surface area contributed by atoms with E-state index in [1.807, 2.05) is 54.6 Å². The molecular formula is C25H24N4O2. The molecule has 0 atom stereocenters. The van der Waals surface area contributed by atoms with Gasteiger partial charge in [-0.25, -0.2) is 9.97 Å². The van der Waals surface area contributed by atoms with Crippen molar-refractivity contribution in [1.82, 2.24) is 14.5 Å². The molecule has 1 aliphatic rings. The van der Waals surface area contributed by atoms with Gasteiger partial charge in [0.15, 0.2) is 0 Å². The van der Waals surface area contributed by atoms with Gasteiger partial charge in [0.1, 0.15) is 35.9 Å². The summed E-state index contributed by atoms with van der Waals surface area (Å²) in [6.07, 6.45) is 6.51. The number of Topliss-reactive ketones (excluding diaryl/α,β-unsaturated/α-hetero) is 1. The molecule has 0 aliphatic heterocycles. The molecule has 2 aromatic heterocycles. The third kappa shape index (κ3) is 3.89. The number of ketones is 1. The molecule has 2 aromatic carbocycles. The number of carbonyl (C=O) groups is 1. The largest absolute Gasteiger partial charge is 0.489 e. The summed E-state index contributed by atoms with van der Waals surface area (Å²) in [6.45, 7) is 0.528. The van der Waals surface area contributed by atoms with Crippen molar-refractivity contribution in [2.45, 2.75) is 38.3 Å². The summed E-state index contributed by atoms with van der Waals surface area (Å²) in [5, 5.41) is 0.859. The second-order valence-corrected chi connectivity index (χ2v) is 7.98. The zero-order valence-corrected chi connectivity index (χ0v) is 17.2. The Kier molecular flexibility index (Phi) is 5.12. The van der Waals surface area contributed by atoms with Crippen LogP contribution in [0.2, 0.25) is 0 Å². The van der Waals surface area contributed by atoms with Gasteiger partial charge >= 0.3 is 0 Å². The maximum absolute atomic E-state index is 11.7. The Labute approximate surface area is 180 Å². The standard InChI is InChI=1S/C25H24N4O2/c26-24-23-22(14-29(25(23)28-16-27-24)19-8-10-20(30)11-9-19)18-6-12-21(13-7-18)31-15-17-4-2-1-3-5-17/h1-7,12-14,16,19H,8-11,15H2,(H2,26,27,28). The number of anilines is 1. The van der Waals surface area contributed by atoms with Crippen molar-refractivity contribution in [3.8, 4) is 16.9 Å². The van der Waals surface area contributed by atoms with E-state index in [1.165, 1.54) is 6.33 Å². The molecule has 2 heterocycles. The van der Waals surface area contributed by atoms with E-state index in [2.05, 4.69) is 20.7 Å². The molecule has 31 heavy (non-hydrogen) atoms. The Bertz CT molecular complexity index is 1210. The van der Waals surface area contributed by atoms with Gasteiger partial charge in [0.2, 0.25) is 0 Å². The van der Waals surface area contributed by atoms with Gasteiger partial charge in [-0.05, 0) is 36.1 Å². The van der Waals surface area contributed by atoms with Crippen LogP contribution in [0.15, 0.2) is 67.1 Å². The fraction of sp³-hybridized carbons (Fsp3) is 0.240. The molecule has 1 fully saturated rings. The number of aromatic nitrogens is 3. The van der Waals surface area contributed by atoms with Crippen LogP contribution in [0, 0.1) is 0 Å². The number of nitrogen functional groups attached to an aromatic ring is 1. The van der Waals surface area contributed by atoms with Crippen molar-refractivity contribution in [2.75, 3.05) is 5.73 Å². The summed E-state index contributed by atoms with van der Waals surface area (Å²) in [5.41, 5.74) is 10.2. The number of ether oxygens (including phenoxy) is 1. The van der Waals surface area contributed by atoms with Crippen LogP contribution in [0.4, 0.5) is 5.82 Å². The maximum Gasteiger partial charge on any atom is 0.146 e. The highest BCUT2D eigenvalue weighted by atomic mass is 16.5. The second kappa shape index (κ2) is 8.22. The number of nitrogens with two attached hydrogens (primary N) is 1. The number of benzene rings is 2. The Hall–Kier alpha value is -3.67. The molecule has 6 heteroatoms. The SMILES string of the molecule is Nc1ncnc2c1c(-c1ccc(OCc3ccccc3)cc1)cn2C1CCC(=O)CC1. The minimum absolute atomic E-state index is 0.247. The number of carbonyl (C=O) groups excluding carboxylic acids is 1. The van der Waals surface area contributed by atoms with Crippen molar-refractivity contribution in [2.24, 2.45) is 0 Å². The van der Waals surface area contributed by atoms with Gasteiger partial charge in [0.25, 0.3) is 0 Å². The Balaban J connectivity index is 1.45. The van der Waals surface area contributed by atoms with Crippen molar-refractivity contribution in [1.29, 1.82) is 0 Å². The monoisotopic (exact) mass is 412 g/mol. The first-order valence-electron chi connectivity index (χ1n) is 10.6. The molecule has 0 amide bonds. The predicted octanol–water partition coefficient (Wildman–Crippen LogP) is 4.94. The summed E-state index contributed by atoms with van der Waals surface area (Å²) in [6, 6.07) is 18.4. The van der Waals surface area contributed by atoms with Crippen LogP contribution >= 0.6 is 0 Å². The van der Waals surface area contributed by atoms with Crippen molar-refractivity contribution >= 4 is 22.6 Å². The normalized spacial score (nSPS) is 14.8. The van der Waals surface area contributed by atoms with Gasteiger partial charge in [-0.2, -0.15) is 0 Å². The first kappa shape index (κ1) is 19.3. The molecular weight excluding hydrogens is 388 g/mol. The highest BCUT2D eigenvalue weighted by Gasteiger charge is 2.24. The Morgan fingerprint density at radius 3 is 2.48 bits per heavy atom. The minimum atomic E-state index is 0.247. The molecule has 5 rings (SSSR count). The van der Waals surface area contributed by atoms with Crippen LogP contribution in [-0.4, -0.2) is 20.3 Å². The van der Waals surface area contributed by atoms with E-state index in [1.54, 1.807) is 0 Å². The molecule has 0 bridgehead atoms. The zero-order valence-electron chi connectivity index (χ0n) is 17.2. The second-order valence-electron chi connectivity index (χ2n) is 7.98. The topological polar surface area (TPSA) is 83.0 Å². The first-order valence-corrected chi connectivity index (χ1v) is 10.6. The third-order valence-corrected chi connectivity index (χ3v) is 5.96. The van der Waals surface area contributed by atoms with Crippen LogP contribution in [-0.2, 0) is 11.4 Å². The first-order chi connectivity index (χ1) is 15.2. The molecule has 0 unspecified atom stereocenters. The van der Waals surface area contributed by atoms with Crippen LogP contribution < -0.4 is 10.5 Å². The number of hydrogen-bond donors (Lipinski definition) is 1. The molecule has 0 saturated heterocycles. The fourth-order valence-electron chi connectivity index (χ4n) is 4.28. The summed E-state index contributed by atoms with van der Waals surface area (Å²) < 4.78 is 8.09. The summed E-state index contributed by atoms with van der Waals surface area (Å²) in [7, 11) is 0. The number of fused-ring (bicyclic) bond motifs is 1. The van der Waals surface area contributed by atoms with Crippen LogP contribution in [0.3, 0.4) is 0 Å². The summed E-state index contributed by atoms with van der Waals surface area (Å²) in [5.74, 6) is 1.62. The molecule has 1 saturated carbocycles. The van der Waals surface area contributed by atoms with E-state index in [9.17, 15) is 4.79 Å². The summed E-state index contributed by atoms with van der Waals surface area (Å²) >= 11 is 0. The van der Waals surface area contributed by atoms with Gasteiger partial charge in [-0.1, -0.05) is 42.5 Å². The molecule has 0 spiro atoms. The lowest BCUT2D eigenvalue weighted by molar-refractivity contribution is -0.120. The third-order valence-electron chi connectivity index (χ3n) is 5.96.